The van der Waals surface area contributed by atoms with Gasteiger partial charge in [0.15, 0.2) is 0 Å². The minimum absolute atomic E-state index is 0.0899. The fourth-order valence-corrected chi connectivity index (χ4v) is 1.94. The van der Waals surface area contributed by atoms with E-state index in [2.05, 4.69) is 17.6 Å². The molecule has 13 heavy (non-hydrogen) atoms. The maximum atomic E-state index is 11.2. The lowest BCUT2D eigenvalue weighted by Crippen LogP contribution is -2.54. The van der Waals surface area contributed by atoms with Gasteiger partial charge in [0.05, 0.1) is 12.5 Å². The monoisotopic (exact) mass is 182 g/mol. The Hall–Kier alpha value is -0.900. The number of hydrogen-bond acceptors (Lipinski definition) is 3. The molecular formula is C9H14N2O2. The normalized spacial score (nSPS) is 31.3. The Kier molecular flexibility index (Phi) is 1.87. The molecule has 4 heteroatoms. The summed E-state index contributed by atoms with van der Waals surface area (Å²) in [7, 11) is 0. The molecule has 1 saturated heterocycles. The first kappa shape index (κ1) is 8.69. The molecule has 72 valence electrons. The van der Waals surface area contributed by atoms with Crippen molar-refractivity contribution in [3.63, 3.8) is 0 Å². The number of rotatable bonds is 2. The second-order valence-electron chi connectivity index (χ2n) is 4.23. The van der Waals surface area contributed by atoms with Crippen LogP contribution in [0.15, 0.2) is 0 Å². The molecule has 0 aromatic carbocycles. The van der Waals surface area contributed by atoms with Crippen LogP contribution in [0.3, 0.4) is 0 Å². The lowest BCUT2D eigenvalue weighted by atomic mass is 9.78. The van der Waals surface area contributed by atoms with Crippen LogP contribution in [-0.4, -0.2) is 23.4 Å². The Bertz CT molecular complexity index is 258. The number of carbonyl (C=O) groups is 2. The van der Waals surface area contributed by atoms with Gasteiger partial charge in [-0.05, 0) is 26.2 Å². The van der Waals surface area contributed by atoms with Gasteiger partial charge in [-0.2, -0.15) is 0 Å². The summed E-state index contributed by atoms with van der Waals surface area (Å²) >= 11 is 0. The summed E-state index contributed by atoms with van der Waals surface area (Å²) in [5.74, 6) is -0.330. The molecule has 4 nitrogen and oxygen atoms in total. The van der Waals surface area contributed by atoms with E-state index in [1.54, 1.807) is 0 Å². The standard InChI is InChI=1S/C9H14N2O2/c1-9(3-2-4-9)11-6-5-7(12)10-8(6)13/h6,11H,2-5H2,1H3,(H,10,12,13). The zero-order chi connectivity index (χ0) is 9.47. The molecule has 1 heterocycles. The second-order valence-corrected chi connectivity index (χ2v) is 4.23. The van der Waals surface area contributed by atoms with Crippen molar-refractivity contribution in [1.82, 2.24) is 10.6 Å². The van der Waals surface area contributed by atoms with E-state index in [9.17, 15) is 9.59 Å². The molecule has 2 fully saturated rings. The lowest BCUT2D eigenvalue weighted by molar-refractivity contribution is -0.125. The van der Waals surface area contributed by atoms with Crippen LogP contribution in [-0.2, 0) is 9.59 Å². The van der Waals surface area contributed by atoms with E-state index in [1.165, 1.54) is 6.42 Å². The Morgan fingerprint density at radius 2 is 2.15 bits per heavy atom. The predicted octanol–water partition coefficient (Wildman–Crippen LogP) is -0.0663. The number of carbonyl (C=O) groups excluding carboxylic acids is 2. The predicted molar refractivity (Wildman–Crippen MR) is 46.9 cm³/mol. The summed E-state index contributed by atoms with van der Waals surface area (Å²) in [6, 6.07) is -0.294. The quantitative estimate of drug-likeness (QED) is 0.588. The molecule has 0 bridgehead atoms. The molecule has 0 spiro atoms. The van der Waals surface area contributed by atoms with Crippen molar-refractivity contribution in [1.29, 1.82) is 0 Å². The summed E-state index contributed by atoms with van der Waals surface area (Å²) in [5, 5.41) is 5.54. The minimum atomic E-state index is -0.294. The number of imide groups is 1. The van der Waals surface area contributed by atoms with Gasteiger partial charge in [0.25, 0.3) is 0 Å². The van der Waals surface area contributed by atoms with Crippen molar-refractivity contribution in [2.45, 2.75) is 44.2 Å². The van der Waals surface area contributed by atoms with Gasteiger partial charge < -0.3 is 5.32 Å². The molecule has 1 unspecified atom stereocenters. The minimum Gasteiger partial charge on any atom is -0.300 e. The molecule has 2 aliphatic rings. The summed E-state index contributed by atoms with van der Waals surface area (Å²) in [5.41, 5.74) is 0.0899. The second kappa shape index (κ2) is 2.80. The first-order chi connectivity index (χ1) is 6.09. The van der Waals surface area contributed by atoms with E-state index in [0.717, 1.165) is 12.8 Å². The molecule has 0 radical (unpaired) electrons. The fraction of sp³-hybridized carbons (Fsp3) is 0.778. The molecule has 2 N–H and O–H groups in total. The number of hydrogen-bond donors (Lipinski definition) is 2. The molecule has 0 aromatic heterocycles. The van der Waals surface area contributed by atoms with E-state index in [0.29, 0.717) is 6.42 Å². The third-order valence-corrected chi connectivity index (χ3v) is 2.95. The van der Waals surface area contributed by atoms with E-state index < -0.39 is 0 Å². The van der Waals surface area contributed by atoms with E-state index in [4.69, 9.17) is 0 Å². The Balaban J connectivity index is 1.94. The Morgan fingerprint density at radius 3 is 2.54 bits per heavy atom. The zero-order valence-corrected chi connectivity index (χ0v) is 7.72. The van der Waals surface area contributed by atoms with Crippen LogP contribution in [0.5, 0.6) is 0 Å². The highest BCUT2D eigenvalue weighted by molar-refractivity contribution is 6.05. The zero-order valence-electron chi connectivity index (χ0n) is 7.72. The number of nitrogens with one attached hydrogen (secondary N) is 2. The summed E-state index contributed by atoms with van der Waals surface area (Å²) in [4.78, 5) is 22.1. The van der Waals surface area contributed by atoms with Gasteiger partial charge in [-0.1, -0.05) is 0 Å². The molecule has 1 aliphatic carbocycles. The molecule has 1 saturated carbocycles. The average molecular weight is 182 g/mol. The molecular weight excluding hydrogens is 168 g/mol. The van der Waals surface area contributed by atoms with Gasteiger partial charge >= 0.3 is 0 Å². The smallest absolute Gasteiger partial charge is 0.244 e. The summed E-state index contributed by atoms with van der Waals surface area (Å²) in [6.07, 6.45) is 3.72. The van der Waals surface area contributed by atoms with Gasteiger partial charge in [-0.15, -0.1) is 0 Å². The van der Waals surface area contributed by atoms with Gasteiger partial charge in [0, 0.05) is 5.54 Å². The lowest BCUT2D eigenvalue weighted by Gasteiger charge is -2.40. The van der Waals surface area contributed by atoms with Gasteiger partial charge in [0.1, 0.15) is 0 Å². The van der Waals surface area contributed by atoms with Gasteiger partial charge in [-0.25, -0.2) is 0 Å². The first-order valence-electron chi connectivity index (χ1n) is 4.70. The van der Waals surface area contributed by atoms with Crippen LogP contribution in [0.4, 0.5) is 0 Å². The Labute approximate surface area is 77.1 Å². The average Bonchev–Trinajstić information content (AvgIpc) is 2.27. The maximum Gasteiger partial charge on any atom is 0.244 e. The largest absolute Gasteiger partial charge is 0.300 e. The summed E-state index contributed by atoms with van der Waals surface area (Å²) in [6.45, 7) is 2.10. The van der Waals surface area contributed by atoms with E-state index >= 15 is 0 Å². The van der Waals surface area contributed by atoms with Gasteiger partial charge in [0.2, 0.25) is 11.8 Å². The topological polar surface area (TPSA) is 58.2 Å². The third-order valence-electron chi connectivity index (χ3n) is 2.95. The maximum absolute atomic E-state index is 11.2. The SMILES string of the molecule is CC1(NC2CC(=O)NC2=O)CCC1. The highest BCUT2D eigenvalue weighted by Crippen LogP contribution is 2.31. The van der Waals surface area contributed by atoms with Gasteiger partial charge in [-0.3, -0.25) is 14.9 Å². The van der Waals surface area contributed by atoms with Crippen molar-refractivity contribution in [2.24, 2.45) is 0 Å². The van der Waals surface area contributed by atoms with Crippen LogP contribution in [0.1, 0.15) is 32.6 Å². The van der Waals surface area contributed by atoms with Crippen molar-refractivity contribution in [3.8, 4) is 0 Å². The molecule has 2 rings (SSSR count). The number of amides is 2. The third kappa shape index (κ3) is 1.58. The molecule has 0 aromatic rings. The molecule has 2 amide bonds. The van der Waals surface area contributed by atoms with Crippen LogP contribution >= 0.6 is 0 Å². The fourth-order valence-electron chi connectivity index (χ4n) is 1.94. The first-order valence-corrected chi connectivity index (χ1v) is 4.70. The summed E-state index contributed by atoms with van der Waals surface area (Å²) < 4.78 is 0. The van der Waals surface area contributed by atoms with Crippen LogP contribution < -0.4 is 10.6 Å². The van der Waals surface area contributed by atoms with Crippen LogP contribution in [0.25, 0.3) is 0 Å². The van der Waals surface area contributed by atoms with Crippen molar-refractivity contribution >= 4 is 11.8 Å². The van der Waals surface area contributed by atoms with Crippen molar-refractivity contribution in [3.05, 3.63) is 0 Å². The van der Waals surface area contributed by atoms with Crippen molar-refractivity contribution < 1.29 is 9.59 Å². The highest BCUT2D eigenvalue weighted by atomic mass is 16.2. The van der Waals surface area contributed by atoms with Crippen molar-refractivity contribution in [2.75, 3.05) is 0 Å². The highest BCUT2D eigenvalue weighted by Gasteiger charge is 2.39. The van der Waals surface area contributed by atoms with E-state index in [-0.39, 0.29) is 23.4 Å². The molecule has 1 aliphatic heterocycles. The molecule has 1 atom stereocenters. The Morgan fingerprint density at radius 1 is 1.46 bits per heavy atom. The van der Waals surface area contributed by atoms with Crippen LogP contribution in [0.2, 0.25) is 0 Å². The van der Waals surface area contributed by atoms with E-state index in [1.807, 2.05) is 0 Å². The van der Waals surface area contributed by atoms with Crippen LogP contribution in [0, 0.1) is 0 Å².